The van der Waals surface area contributed by atoms with Crippen molar-refractivity contribution in [3.63, 3.8) is 0 Å². The molecule has 2 N–H and O–H groups in total. The SMILES string of the molecule is O=C(NN=Cc1c(Cl)[nH]c2ccccc12)c1ccc2c(c1)OCCO2. The average Bonchev–Trinajstić information content (AvgIpc) is 2.96. The Kier molecular flexibility index (Phi) is 4.03. The zero-order valence-electron chi connectivity index (χ0n) is 13.1. The highest BCUT2D eigenvalue weighted by atomic mass is 35.5. The number of carbonyl (C=O) groups excluding carboxylic acids is 1. The normalized spacial score (nSPS) is 13.3. The van der Waals surface area contributed by atoms with Gasteiger partial charge in [0.1, 0.15) is 18.4 Å². The number of carbonyl (C=O) groups is 1. The summed E-state index contributed by atoms with van der Waals surface area (Å²) >= 11 is 6.19. The van der Waals surface area contributed by atoms with Gasteiger partial charge in [-0.15, -0.1) is 0 Å². The molecular weight excluding hydrogens is 342 g/mol. The maximum atomic E-state index is 12.2. The minimum absolute atomic E-state index is 0.343. The molecule has 0 aliphatic carbocycles. The fourth-order valence-corrected chi connectivity index (χ4v) is 2.91. The van der Waals surface area contributed by atoms with Crippen molar-refractivity contribution < 1.29 is 14.3 Å². The van der Waals surface area contributed by atoms with E-state index in [1.54, 1.807) is 18.2 Å². The number of rotatable bonds is 3. The zero-order chi connectivity index (χ0) is 17.2. The second kappa shape index (κ2) is 6.49. The van der Waals surface area contributed by atoms with Gasteiger partial charge in [0.25, 0.3) is 5.91 Å². The number of hydrazone groups is 1. The molecule has 0 bridgehead atoms. The highest BCUT2D eigenvalue weighted by molar-refractivity contribution is 6.34. The van der Waals surface area contributed by atoms with E-state index in [9.17, 15) is 4.79 Å². The van der Waals surface area contributed by atoms with Crippen molar-refractivity contribution >= 4 is 34.6 Å². The first-order valence-electron chi connectivity index (χ1n) is 7.71. The van der Waals surface area contributed by atoms with Gasteiger partial charge in [0.2, 0.25) is 0 Å². The van der Waals surface area contributed by atoms with Crippen LogP contribution in [0.5, 0.6) is 11.5 Å². The number of para-hydroxylation sites is 1. The third-order valence-corrected chi connectivity index (χ3v) is 4.16. The van der Waals surface area contributed by atoms with Gasteiger partial charge in [0.15, 0.2) is 11.5 Å². The van der Waals surface area contributed by atoms with E-state index < -0.39 is 0 Å². The minimum atomic E-state index is -0.343. The summed E-state index contributed by atoms with van der Waals surface area (Å²) in [5.74, 6) is 0.851. The topological polar surface area (TPSA) is 75.7 Å². The van der Waals surface area contributed by atoms with Crippen molar-refractivity contribution in [2.24, 2.45) is 5.10 Å². The lowest BCUT2D eigenvalue weighted by atomic mass is 10.2. The van der Waals surface area contributed by atoms with Crippen LogP contribution in [0.2, 0.25) is 5.15 Å². The third-order valence-electron chi connectivity index (χ3n) is 3.86. The second-order valence-corrected chi connectivity index (χ2v) is 5.83. The summed E-state index contributed by atoms with van der Waals surface area (Å²) in [4.78, 5) is 15.3. The Morgan fingerprint density at radius 3 is 2.84 bits per heavy atom. The van der Waals surface area contributed by atoms with Gasteiger partial charge in [0, 0.05) is 22.0 Å². The van der Waals surface area contributed by atoms with E-state index in [0.29, 0.717) is 35.4 Å². The maximum Gasteiger partial charge on any atom is 0.271 e. The maximum absolute atomic E-state index is 12.2. The van der Waals surface area contributed by atoms with Crippen molar-refractivity contribution in [2.75, 3.05) is 13.2 Å². The Morgan fingerprint density at radius 1 is 1.16 bits per heavy atom. The molecule has 0 unspecified atom stereocenters. The van der Waals surface area contributed by atoms with Crippen LogP contribution in [0.3, 0.4) is 0 Å². The van der Waals surface area contributed by atoms with Crippen molar-refractivity contribution in [3.8, 4) is 11.5 Å². The highest BCUT2D eigenvalue weighted by Crippen LogP contribution is 2.30. The number of hydrogen-bond acceptors (Lipinski definition) is 4. The number of aromatic amines is 1. The van der Waals surface area contributed by atoms with Crippen molar-refractivity contribution in [1.82, 2.24) is 10.4 Å². The highest BCUT2D eigenvalue weighted by Gasteiger charge is 2.14. The smallest absolute Gasteiger partial charge is 0.271 e. The zero-order valence-corrected chi connectivity index (χ0v) is 13.8. The molecule has 6 nitrogen and oxygen atoms in total. The van der Waals surface area contributed by atoms with Crippen molar-refractivity contribution in [1.29, 1.82) is 0 Å². The molecule has 25 heavy (non-hydrogen) atoms. The summed E-state index contributed by atoms with van der Waals surface area (Å²) in [5, 5.41) is 5.42. The fourth-order valence-electron chi connectivity index (χ4n) is 2.66. The number of halogens is 1. The number of amides is 1. The van der Waals surface area contributed by atoms with Gasteiger partial charge in [-0.05, 0) is 24.3 Å². The van der Waals surface area contributed by atoms with Crippen LogP contribution >= 0.6 is 11.6 Å². The summed E-state index contributed by atoms with van der Waals surface area (Å²) < 4.78 is 10.9. The Bertz CT molecular complexity index is 981. The Hall–Kier alpha value is -2.99. The van der Waals surface area contributed by atoms with Crippen LogP contribution in [-0.4, -0.2) is 30.3 Å². The molecule has 4 rings (SSSR count). The monoisotopic (exact) mass is 355 g/mol. The summed E-state index contributed by atoms with van der Waals surface area (Å²) in [6.45, 7) is 0.976. The third kappa shape index (κ3) is 3.04. The van der Waals surface area contributed by atoms with Crippen molar-refractivity contribution in [3.05, 3.63) is 58.7 Å². The number of aromatic nitrogens is 1. The summed E-state index contributed by atoms with van der Waals surface area (Å²) in [6.07, 6.45) is 1.52. The molecule has 2 aromatic carbocycles. The van der Waals surface area contributed by atoms with Gasteiger partial charge >= 0.3 is 0 Å². The molecule has 3 aromatic rings. The number of H-pyrrole nitrogens is 1. The van der Waals surface area contributed by atoms with E-state index in [1.807, 2.05) is 24.3 Å². The lowest BCUT2D eigenvalue weighted by Gasteiger charge is -2.18. The number of nitrogens with zero attached hydrogens (tertiary/aromatic N) is 1. The summed E-state index contributed by atoms with van der Waals surface area (Å²) in [6, 6.07) is 12.7. The molecule has 0 spiro atoms. The first kappa shape index (κ1) is 15.5. The van der Waals surface area contributed by atoms with E-state index in [0.717, 1.165) is 16.5 Å². The Morgan fingerprint density at radius 2 is 1.96 bits per heavy atom. The second-order valence-electron chi connectivity index (χ2n) is 5.46. The number of fused-ring (bicyclic) bond motifs is 2. The molecule has 7 heteroatoms. The van der Waals surface area contributed by atoms with Crippen LogP contribution < -0.4 is 14.9 Å². The van der Waals surface area contributed by atoms with Crippen LogP contribution in [-0.2, 0) is 0 Å². The number of hydrogen-bond donors (Lipinski definition) is 2. The number of benzene rings is 2. The van der Waals surface area contributed by atoms with E-state index in [1.165, 1.54) is 6.21 Å². The molecule has 0 saturated heterocycles. The Balaban J connectivity index is 1.51. The van der Waals surface area contributed by atoms with Gasteiger partial charge < -0.3 is 14.5 Å². The van der Waals surface area contributed by atoms with E-state index >= 15 is 0 Å². The molecule has 1 aliphatic rings. The van der Waals surface area contributed by atoms with Crippen LogP contribution in [0.4, 0.5) is 0 Å². The van der Waals surface area contributed by atoms with Crippen LogP contribution in [0.15, 0.2) is 47.6 Å². The predicted octanol–water partition coefficient (Wildman–Crippen LogP) is 3.36. The molecule has 2 heterocycles. The standard InChI is InChI=1S/C18H14ClN3O3/c19-17-13(12-3-1-2-4-14(12)21-17)10-20-22-18(23)11-5-6-15-16(9-11)25-8-7-24-15/h1-6,9-10,21H,7-8H2,(H,22,23). The number of nitrogens with one attached hydrogen (secondary N) is 2. The first-order valence-corrected chi connectivity index (χ1v) is 8.09. The lowest BCUT2D eigenvalue weighted by molar-refractivity contribution is 0.0954. The van der Waals surface area contributed by atoms with Gasteiger partial charge in [0.05, 0.1) is 6.21 Å². The summed E-state index contributed by atoms with van der Waals surface area (Å²) in [5.41, 5.74) is 4.57. The molecular formula is C18H14ClN3O3. The van der Waals surface area contributed by atoms with Crippen molar-refractivity contribution in [2.45, 2.75) is 0 Å². The van der Waals surface area contributed by atoms with E-state index in [-0.39, 0.29) is 5.91 Å². The molecule has 1 aromatic heterocycles. The molecule has 126 valence electrons. The minimum Gasteiger partial charge on any atom is -0.486 e. The van der Waals surface area contributed by atoms with Gasteiger partial charge in [-0.2, -0.15) is 5.10 Å². The molecule has 0 saturated carbocycles. The van der Waals surface area contributed by atoms with Crippen LogP contribution in [0.1, 0.15) is 15.9 Å². The van der Waals surface area contributed by atoms with Gasteiger partial charge in [-0.25, -0.2) is 5.43 Å². The summed E-state index contributed by atoms with van der Waals surface area (Å²) in [7, 11) is 0. The average molecular weight is 356 g/mol. The first-order chi connectivity index (χ1) is 12.2. The molecule has 1 amide bonds. The fraction of sp³-hybridized carbons (Fsp3) is 0.111. The predicted molar refractivity (Wildman–Crippen MR) is 95.8 cm³/mol. The van der Waals surface area contributed by atoms with E-state index in [4.69, 9.17) is 21.1 Å². The van der Waals surface area contributed by atoms with Gasteiger partial charge in [-0.1, -0.05) is 29.8 Å². The van der Waals surface area contributed by atoms with Crippen LogP contribution in [0.25, 0.3) is 10.9 Å². The molecule has 1 aliphatic heterocycles. The van der Waals surface area contributed by atoms with Crippen LogP contribution in [0, 0.1) is 0 Å². The lowest BCUT2D eigenvalue weighted by Crippen LogP contribution is -2.19. The largest absolute Gasteiger partial charge is 0.486 e. The van der Waals surface area contributed by atoms with E-state index in [2.05, 4.69) is 15.5 Å². The molecule has 0 fully saturated rings. The quantitative estimate of drug-likeness (QED) is 0.558. The van der Waals surface area contributed by atoms with Gasteiger partial charge in [-0.3, -0.25) is 4.79 Å². The molecule has 0 atom stereocenters. The Labute approximate surface area is 148 Å². The molecule has 0 radical (unpaired) electrons. The number of ether oxygens (including phenoxy) is 2.